The smallest absolute Gasteiger partial charge is 0.344 e. The van der Waals surface area contributed by atoms with E-state index in [9.17, 15) is 14.4 Å². The number of carbonyl (C=O) groups is 2. The second kappa shape index (κ2) is 13.0. The summed E-state index contributed by atoms with van der Waals surface area (Å²) >= 11 is 3.29. The topological polar surface area (TPSA) is 105 Å². The number of methoxy groups -OCH3 is 2. The molecule has 9 nitrogen and oxygen atoms in total. The van der Waals surface area contributed by atoms with Gasteiger partial charge < -0.3 is 18.9 Å². The van der Waals surface area contributed by atoms with Crippen LogP contribution in [-0.2, 0) is 9.53 Å². The molecule has 4 aromatic rings. The highest BCUT2D eigenvalue weighted by Gasteiger charge is 2.33. The molecule has 1 aliphatic rings. The molecule has 0 saturated heterocycles. The molecule has 220 valence electrons. The quantitative estimate of drug-likeness (QED) is 0.149. The van der Waals surface area contributed by atoms with E-state index in [1.54, 1.807) is 69.5 Å². The van der Waals surface area contributed by atoms with E-state index in [0.29, 0.717) is 48.8 Å². The van der Waals surface area contributed by atoms with Crippen molar-refractivity contribution in [3.63, 3.8) is 0 Å². The van der Waals surface area contributed by atoms with Crippen molar-refractivity contribution in [2.24, 2.45) is 4.99 Å². The van der Waals surface area contributed by atoms with Gasteiger partial charge >= 0.3 is 11.9 Å². The van der Waals surface area contributed by atoms with Crippen LogP contribution < -0.4 is 29.1 Å². The van der Waals surface area contributed by atoms with Crippen molar-refractivity contribution in [1.29, 1.82) is 0 Å². The molecule has 1 atom stereocenters. The maximum Gasteiger partial charge on any atom is 0.344 e. The summed E-state index contributed by atoms with van der Waals surface area (Å²) in [5, 5.41) is 0. The monoisotopic (exact) mass is 710 g/mol. The lowest BCUT2D eigenvalue weighted by Gasteiger charge is -2.24. The van der Waals surface area contributed by atoms with E-state index in [1.165, 1.54) is 23.0 Å². The van der Waals surface area contributed by atoms with Gasteiger partial charge in [0.05, 0.1) is 48.2 Å². The van der Waals surface area contributed by atoms with Crippen molar-refractivity contribution in [2.75, 3.05) is 20.8 Å². The third kappa shape index (κ3) is 6.13. The first-order valence-corrected chi connectivity index (χ1v) is 15.1. The van der Waals surface area contributed by atoms with Gasteiger partial charge in [-0.05, 0) is 90.0 Å². The Morgan fingerprint density at radius 2 is 1.74 bits per heavy atom. The van der Waals surface area contributed by atoms with Crippen LogP contribution in [0.25, 0.3) is 6.08 Å². The average Bonchev–Trinajstić information content (AvgIpc) is 3.31. The fraction of sp³-hybridized carbons (Fsp3) is 0.188. The fourth-order valence-corrected chi connectivity index (χ4v) is 6.34. The molecular formula is C32H27IN2O7S. The summed E-state index contributed by atoms with van der Waals surface area (Å²) in [6.07, 6.45) is 1.71. The lowest BCUT2D eigenvalue weighted by Crippen LogP contribution is -2.39. The molecule has 0 fully saturated rings. The summed E-state index contributed by atoms with van der Waals surface area (Å²) < 4.78 is 24.5. The largest absolute Gasteiger partial charge is 0.497 e. The van der Waals surface area contributed by atoms with Crippen LogP contribution in [0.5, 0.6) is 17.2 Å². The predicted octanol–water partition coefficient (Wildman–Crippen LogP) is 4.64. The minimum Gasteiger partial charge on any atom is -0.497 e. The predicted molar refractivity (Wildman–Crippen MR) is 171 cm³/mol. The zero-order valence-electron chi connectivity index (χ0n) is 23.8. The van der Waals surface area contributed by atoms with Gasteiger partial charge in [0.2, 0.25) is 0 Å². The molecule has 0 spiro atoms. The van der Waals surface area contributed by atoms with Gasteiger partial charge in [-0.25, -0.2) is 14.6 Å². The van der Waals surface area contributed by atoms with E-state index < -0.39 is 18.0 Å². The van der Waals surface area contributed by atoms with Crippen LogP contribution in [0, 0.1) is 3.57 Å². The Bertz CT molecular complexity index is 1930. The van der Waals surface area contributed by atoms with Gasteiger partial charge in [-0.15, -0.1) is 0 Å². The zero-order valence-corrected chi connectivity index (χ0v) is 26.7. The van der Waals surface area contributed by atoms with Crippen LogP contribution in [0.1, 0.15) is 41.4 Å². The molecule has 5 rings (SSSR count). The number of esters is 2. The van der Waals surface area contributed by atoms with E-state index in [0.717, 1.165) is 3.57 Å². The maximum absolute atomic E-state index is 13.9. The lowest BCUT2D eigenvalue weighted by molar-refractivity contribution is -0.139. The van der Waals surface area contributed by atoms with Crippen LogP contribution in [0.3, 0.4) is 0 Å². The Hall–Kier alpha value is -4.23. The first kappa shape index (κ1) is 30.2. The van der Waals surface area contributed by atoms with Crippen LogP contribution >= 0.6 is 33.9 Å². The molecule has 0 radical (unpaired) electrons. The number of benzene rings is 3. The molecule has 0 unspecified atom stereocenters. The molecule has 0 saturated carbocycles. The number of aromatic nitrogens is 1. The number of fused-ring (bicyclic) bond motifs is 1. The molecule has 1 aromatic heterocycles. The van der Waals surface area contributed by atoms with E-state index in [4.69, 9.17) is 18.9 Å². The zero-order chi connectivity index (χ0) is 30.7. The number of ether oxygens (including phenoxy) is 4. The standard InChI is InChI=1S/C32H27IN2O7S/c1-5-41-31(38)27-18(2)34-32-35(28(27)20-11-13-21(39-3)14-12-20)29(36)26(43-32)17-19-10-15-24(25(16-19)40-4)42-30(37)22-8-6-7-9-23(22)33/h6-17,28H,5H2,1-4H3/b26-17+/t28-/m0/s1. The average molecular weight is 711 g/mol. The normalized spacial score (nSPS) is 14.5. The number of rotatable bonds is 8. The summed E-state index contributed by atoms with van der Waals surface area (Å²) in [6, 6.07) is 18.6. The van der Waals surface area contributed by atoms with E-state index in [1.807, 2.05) is 24.3 Å². The van der Waals surface area contributed by atoms with Crippen LogP contribution in [0.15, 0.2) is 87.8 Å². The minimum absolute atomic E-state index is 0.188. The molecule has 1 aliphatic heterocycles. The molecular weight excluding hydrogens is 683 g/mol. The van der Waals surface area contributed by atoms with Gasteiger partial charge in [-0.3, -0.25) is 9.36 Å². The Balaban J connectivity index is 1.56. The highest BCUT2D eigenvalue weighted by atomic mass is 127. The number of thiazole rings is 1. The van der Waals surface area contributed by atoms with Crippen molar-refractivity contribution in [2.45, 2.75) is 19.9 Å². The minimum atomic E-state index is -0.736. The second-order valence-corrected chi connectivity index (χ2v) is 11.5. The number of hydrogen-bond donors (Lipinski definition) is 0. The van der Waals surface area contributed by atoms with Gasteiger partial charge in [0.1, 0.15) is 5.75 Å². The summed E-state index contributed by atoms with van der Waals surface area (Å²) in [7, 11) is 3.05. The third-order valence-corrected chi connectivity index (χ3v) is 8.65. The van der Waals surface area contributed by atoms with Gasteiger partial charge in [-0.2, -0.15) is 0 Å². The number of hydrogen-bond acceptors (Lipinski definition) is 9. The second-order valence-electron chi connectivity index (χ2n) is 9.36. The van der Waals surface area contributed by atoms with Crippen molar-refractivity contribution < 1.29 is 28.5 Å². The Morgan fingerprint density at radius 1 is 1.00 bits per heavy atom. The van der Waals surface area contributed by atoms with Gasteiger partial charge in [0.25, 0.3) is 5.56 Å². The highest BCUT2D eigenvalue weighted by Crippen LogP contribution is 2.32. The summed E-state index contributed by atoms with van der Waals surface area (Å²) in [5.41, 5.74) is 2.27. The van der Waals surface area contributed by atoms with Crippen molar-refractivity contribution >= 4 is 51.9 Å². The Kier molecular flexibility index (Phi) is 9.11. The summed E-state index contributed by atoms with van der Waals surface area (Å²) in [6.45, 7) is 3.66. The van der Waals surface area contributed by atoms with Gasteiger partial charge in [0, 0.05) is 3.57 Å². The number of halogens is 1. The van der Waals surface area contributed by atoms with E-state index in [2.05, 4.69) is 27.6 Å². The van der Waals surface area contributed by atoms with Crippen molar-refractivity contribution in [3.8, 4) is 17.2 Å². The maximum atomic E-state index is 13.9. The van der Waals surface area contributed by atoms with Gasteiger partial charge in [0.15, 0.2) is 16.3 Å². The van der Waals surface area contributed by atoms with Crippen LogP contribution in [0.2, 0.25) is 0 Å². The Labute approximate surface area is 264 Å². The van der Waals surface area contributed by atoms with Crippen LogP contribution in [-0.4, -0.2) is 37.3 Å². The molecule has 0 aliphatic carbocycles. The third-order valence-electron chi connectivity index (χ3n) is 6.73. The molecule has 0 bridgehead atoms. The first-order valence-electron chi connectivity index (χ1n) is 13.2. The van der Waals surface area contributed by atoms with Crippen LogP contribution in [0.4, 0.5) is 0 Å². The number of carbonyl (C=O) groups excluding carboxylic acids is 2. The highest BCUT2D eigenvalue weighted by molar-refractivity contribution is 14.1. The molecule has 11 heteroatoms. The summed E-state index contributed by atoms with van der Waals surface area (Å²) in [4.78, 5) is 44.8. The van der Waals surface area contributed by atoms with Gasteiger partial charge in [-0.1, -0.05) is 41.7 Å². The Morgan fingerprint density at radius 3 is 2.42 bits per heavy atom. The van der Waals surface area contributed by atoms with Crippen molar-refractivity contribution in [1.82, 2.24) is 4.57 Å². The number of nitrogens with zero attached hydrogens (tertiary/aromatic N) is 2. The SMILES string of the molecule is CCOC(=O)C1=C(C)N=c2s/c(=C/c3ccc(OC(=O)c4ccccc4I)c(OC)c3)c(=O)n2[C@H]1c1ccc(OC)cc1. The van der Waals surface area contributed by atoms with Crippen molar-refractivity contribution in [3.05, 3.63) is 118 Å². The lowest BCUT2D eigenvalue weighted by atomic mass is 9.96. The fourth-order valence-electron chi connectivity index (χ4n) is 4.68. The summed E-state index contributed by atoms with van der Waals surface area (Å²) in [5.74, 6) is 0.197. The van der Waals surface area contributed by atoms with E-state index in [-0.39, 0.29) is 17.9 Å². The molecule has 43 heavy (non-hydrogen) atoms. The van der Waals surface area contributed by atoms with E-state index >= 15 is 0 Å². The molecule has 0 N–H and O–H groups in total. The first-order chi connectivity index (χ1) is 20.7. The number of allylic oxidation sites excluding steroid dienone is 1. The molecule has 3 aromatic carbocycles. The molecule has 2 heterocycles. The molecule has 0 amide bonds.